The molecule has 0 radical (unpaired) electrons. The van der Waals surface area contributed by atoms with Crippen LogP contribution in [0, 0.1) is 0 Å². The predicted octanol–water partition coefficient (Wildman–Crippen LogP) is 10.1. The fraction of sp³-hybridized carbons (Fsp3) is 0.706. The molecule has 40 heavy (non-hydrogen) atoms. The predicted molar refractivity (Wildman–Crippen MR) is 161 cm³/mol. The van der Waals surface area contributed by atoms with Crippen LogP contribution in [-0.2, 0) is 18.9 Å². The van der Waals surface area contributed by atoms with E-state index >= 15 is 0 Å². The molecule has 6 nitrogen and oxygen atoms in total. The van der Waals surface area contributed by atoms with Crippen LogP contribution in [0.15, 0.2) is 48.6 Å². The summed E-state index contributed by atoms with van der Waals surface area (Å²) in [4.78, 5) is 21.7. The highest BCUT2D eigenvalue weighted by atomic mass is 16.8. The number of rotatable bonds is 25. The molecule has 0 amide bonds. The second kappa shape index (κ2) is 24.3. The number of hydrogen-bond acceptors (Lipinski definition) is 6. The van der Waals surface area contributed by atoms with E-state index in [1.807, 2.05) is 0 Å². The molecule has 2 rings (SSSR count). The maximum Gasteiger partial charge on any atom is 0.508 e. The summed E-state index contributed by atoms with van der Waals surface area (Å²) in [7, 11) is 0. The Bertz CT molecular complexity index is 704. The molecule has 2 heterocycles. The van der Waals surface area contributed by atoms with E-state index in [4.69, 9.17) is 18.9 Å². The van der Waals surface area contributed by atoms with Crippen molar-refractivity contribution in [2.24, 2.45) is 0 Å². The first-order chi connectivity index (χ1) is 19.7. The zero-order valence-electron chi connectivity index (χ0n) is 24.8. The molecule has 0 N–H and O–H groups in total. The third kappa shape index (κ3) is 19.5. The van der Waals surface area contributed by atoms with E-state index in [9.17, 15) is 9.59 Å². The Hall–Kier alpha value is -2.50. The molecule has 226 valence electrons. The first-order valence-electron chi connectivity index (χ1n) is 16.0. The third-order valence-electron chi connectivity index (χ3n) is 7.24. The number of hydrogen-bond donors (Lipinski definition) is 0. The lowest BCUT2D eigenvalue weighted by Gasteiger charge is -2.01. The van der Waals surface area contributed by atoms with Crippen LogP contribution in [-0.4, -0.2) is 37.7 Å². The highest BCUT2D eigenvalue weighted by Gasteiger charge is 2.23. The lowest BCUT2D eigenvalue weighted by molar-refractivity contribution is 0.117. The minimum absolute atomic E-state index is 0.0922. The molecular weight excluding hydrogens is 504 g/mol. The Kier molecular flexibility index (Phi) is 20.5. The van der Waals surface area contributed by atoms with Crippen LogP contribution in [0.1, 0.15) is 128 Å². The molecular formula is C34H54O6. The quantitative estimate of drug-likeness (QED) is 0.0630. The van der Waals surface area contributed by atoms with Crippen molar-refractivity contribution in [3.63, 3.8) is 0 Å². The van der Waals surface area contributed by atoms with Gasteiger partial charge in [-0.25, -0.2) is 9.59 Å². The minimum Gasteiger partial charge on any atom is -0.430 e. The molecule has 2 saturated heterocycles. The van der Waals surface area contributed by atoms with Gasteiger partial charge in [0.2, 0.25) is 0 Å². The molecule has 0 saturated carbocycles. The second-order valence-electron chi connectivity index (χ2n) is 10.9. The molecule has 2 aliphatic rings. The van der Waals surface area contributed by atoms with Crippen molar-refractivity contribution in [1.82, 2.24) is 0 Å². The summed E-state index contributed by atoms with van der Waals surface area (Å²) < 4.78 is 19.5. The third-order valence-corrected chi connectivity index (χ3v) is 7.24. The van der Waals surface area contributed by atoms with Gasteiger partial charge in [0.1, 0.15) is 25.4 Å². The molecule has 0 aromatic heterocycles. The normalized spacial score (nSPS) is 19.3. The van der Waals surface area contributed by atoms with Gasteiger partial charge in [0, 0.05) is 12.8 Å². The van der Waals surface area contributed by atoms with Gasteiger partial charge >= 0.3 is 12.3 Å². The highest BCUT2D eigenvalue weighted by Crippen LogP contribution is 2.13. The van der Waals surface area contributed by atoms with Crippen LogP contribution in [0.3, 0.4) is 0 Å². The lowest BCUT2D eigenvalue weighted by Crippen LogP contribution is -2.07. The Morgan fingerprint density at radius 1 is 0.425 bits per heavy atom. The van der Waals surface area contributed by atoms with Crippen LogP contribution in [0.2, 0.25) is 0 Å². The summed E-state index contributed by atoms with van der Waals surface area (Å²) >= 11 is 0. The average Bonchev–Trinajstić information content (AvgIpc) is 3.57. The SMILES string of the molecule is O=C1OCC(C/C=C/CCCCCC/C=C/CCCCCC/C=C/CCCCCC/C=C/CC2COC(=O)O2)O1. The van der Waals surface area contributed by atoms with Gasteiger partial charge in [-0.3, -0.25) is 0 Å². The molecule has 0 aliphatic carbocycles. The maximum atomic E-state index is 10.8. The van der Waals surface area contributed by atoms with E-state index in [2.05, 4.69) is 48.6 Å². The molecule has 0 aromatic carbocycles. The van der Waals surface area contributed by atoms with Crippen molar-refractivity contribution in [1.29, 1.82) is 0 Å². The van der Waals surface area contributed by atoms with Crippen LogP contribution in [0.5, 0.6) is 0 Å². The smallest absolute Gasteiger partial charge is 0.430 e. The molecule has 2 fully saturated rings. The minimum atomic E-state index is -0.536. The zero-order valence-corrected chi connectivity index (χ0v) is 24.8. The molecule has 0 bridgehead atoms. The molecule has 2 aliphatic heterocycles. The number of ether oxygens (including phenoxy) is 4. The fourth-order valence-corrected chi connectivity index (χ4v) is 4.80. The Labute approximate surface area is 243 Å². The van der Waals surface area contributed by atoms with Crippen molar-refractivity contribution in [3.8, 4) is 0 Å². The Morgan fingerprint density at radius 2 is 0.700 bits per heavy atom. The number of unbranched alkanes of at least 4 members (excludes halogenated alkanes) is 15. The highest BCUT2D eigenvalue weighted by molar-refractivity contribution is 5.62. The van der Waals surface area contributed by atoms with Gasteiger partial charge in [-0.05, 0) is 77.0 Å². The molecule has 0 aromatic rings. The van der Waals surface area contributed by atoms with Gasteiger partial charge < -0.3 is 18.9 Å². The molecule has 2 unspecified atom stereocenters. The summed E-state index contributed by atoms with van der Waals surface area (Å²) in [5.41, 5.74) is 0. The monoisotopic (exact) mass is 558 g/mol. The molecule has 2 atom stereocenters. The summed E-state index contributed by atoms with van der Waals surface area (Å²) in [5, 5.41) is 0. The summed E-state index contributed by atoms with van der Waals surface area (Å²) in [5.74, 6) is 0. The van der Waals surface area contributed by atoms with Crippen molar-refractivity contribution in [2.45, 2.75) is 141 Å². The van der Waals surface area contributed by atoms with Gasteiger partial charge in [0.15, 0.2) is 0 Å². The number of allylic oxidation sites excluding steroid dienone is 6. The van der Waals surface area contributed by atoms with E-state index in [1.165, 1.54) is 103 Å². The summed E-state index contributed by atoms with van der Waals surface area (Å²) in [6, 6.07) is 0. The van der Waals surface area contributed by atoms with Crippen molar-refractivity contribution >= 4 is 12.3 Å². The summed E-state index contributed by atoms with van der Waals surface area (Å²) in [6.45, 7) is 0.775. The van der Waals surface area contributed by atoms with Crippen LogP contribution >= 0.6 is 0 Å². The average molecular weight is 559 g/mol. The van der Waals surface area contributed by atoms with Crippen molar-refractivity contribution in [2.75, 3.05) is 13.2 Å². The van der Waals surface area contributed by atoms with Crippen molar-refractivity contribution in [3.05, 3.63) is 48.6 Å². The lowest BCUT2D eigenvalue weighted by atomic mass is 10.1. The zero-order chi connectivity index (χ0) is 28.4. The van der Waals surface area contributed by atoms with Crippen LogP contribution in [0.25, 0.3) is 0 Å². The van der Waals surface area contributed by atoms with E-state index in [1.54, 1.807) is 0 Å². The van der Waals surface area contributed by atoms with Crippen molar-refractivity contribution < 1.29 is 28.5 Å². The van der Waals surface area contributed by atoms with Gasteiger partial charge in [-0.2, -0.15) is 0 Å². The number of carbonyl (C=O) groups is 2. The van der Waals surface area contributed by atoms with Crippen LogP contribution in [0.4, 0.5) is 9.59 Å². The van der Waals surface area contributed by atoms with E-state index in [0.29, 0.717) is 13.2 Å². The first-order valence-corrected chi connectivity index (χ1v) is 16.0. The van der Waals surface area contributed by atoms with Gasteiger partial charge in [0.25, 0.3) is 0 Å². The molecule has 6 heteroatoms. The standard InChI is InChI=1S/C34H54O6/c35-33-37-29-31(39-33)27-25-23-21-19-17-15-13-11-9-7-5-3-1-2-4-6-8-10-12-14-16-18-20-22-24-26-28-32-30-38-34(36)40-32/h7-10,23-26,31-32H,1-6,11-22,27-30H2/b9-7+,10-8+,25-23+,26-24+. The topological polar surface area (TPSA) is 71.1 Å². The molecule has 0 spiro atoms. The van der Waals surface area contributed by atoms with Crippen LogP contribution < -0.4 is 0 Å². The summed E-state index contributed by atoms with van der Waals surface area (Å²) in [6.07, 6.45) is 41.0. The largest absolute Gasteiger partial charge is 0.508 e. The van der Waals surface area contributed by atoms with Gasteiger partial charge in [0.05, 0.1) is 0 Å². The Morgan fingerprint density at radius 3 is 0.950 bits per heavy atom. The maximum absolute atomic E-state index is 10.8. The van der Waals surface area contributed by atoms with E-state index < -0.39 is 12.3 Å². The first kappa shape index (κ1) is 33.7. The van der Waals surface area contributed by atoms with Gasteiger partial charge in [-0.15, -0.1) is 0 Å². The Balaban J connectivity index is 1.21. The van der Waals surface area contributed by atoms with E-state index in [-0.39, 0.29) is 12.2 Å². The number of cyclic esters (lactones) is 4. The fourth-order valence-electron chi connectivity index (χ4n) is 4.80. The number of carbonyl (C=O) groups excluding carboxylic acids is 2. The van der Waals surface area contributed by atoms with Gasteiger partial charge in [-0.1, -0.05) is 87.1 Å². The second-order valence-corrected chi connectivity index (χ2v) is 10.9. The van der Waals surface area contributed by atoms with E-state index in [0.717, 1.165) is 25.7 Å².